The van der Waals surface area contributed by atoms with E-state index in [9.17, 15) is 9.59 Å². The molecule has 86 valence electrons. The largest absolute Gasteiger partial charge is 0.460 e. The summed E-state index contributed by atoms with van der Waals surface area (Å²) in [6, 6.07) is 3.48. The Labute approximate surface area is 97.9 Å². The molecule has 0 aromatic carbocycles. The monoisotopic (exact) mass is 239 g/mol. The fourth-order valence-corrected chi connectivity index (χ4v) is 1.58. The van der Waals surface area contributed by atoms with Crippen molar-refractivity contribution in [2.45, 2.75) is 6.92 Å². The predicted molar refractivity (Wildman–Crippen MR) is 62.4 cm³/mol. The van der Waals surface area contributed by atoms with Gasteiger partial charge in [-0.2, -0.15) is 0 Å². The molecule has 4 nitrogen and oxygen atoms in total. The fraction of sp³-hybridized carbons (Fsp3) is 0.273. The lowest BCUT2D eigenvalue weighted by atomic mass is 10.4. The molecule has 1 N–H and O–H groups in total. The van der Waals surface area contributed by atoms with Gasteiger partial charge in [0.2, 0.25) is 0 Å². The minimum absolute atomic E-state index is 0.103. The van der Waals surface area contributed by atoms with E-state index in [1.54, 1.807) is 29.7 Å². The zero-order valence-corrected chi connectivity index (χ0v) is 9.75. The van der Waals surface area contributed by atoms with Crippen LogP contribution in [0.3, 0.4) is 0 Å². The lowest BCUT2D eigenvalue weighted by Gasteiger charge is -2.03. The summed E-state index contributed by atoms with van der Waals surface area (Å²) in [5, 5.41) is 4.29. The second-order valence-electron chi connectivity index (χ2n) is 2.91. The number of nitrogens with one attached hydrogen (secondary N) is 1. The molecule has 0 bridgehead atoms. The summed E-state index contributed by atoms with van der Waals surface area (Å²) in [7, 11) is 0. The summed E-state index contributed by atoms with van der Waals surface area (Å²) in [5.41, 5.74) is 0. The van der Waals surface area contributed by atoms with E-state index >= 15 is 0 Å². The summed E-state index contributed by atoms with van der Waals surface area (Å²) in [6.07, 6.45) is 3.51. The van der Waals surface area contributed by atoms with Crippen molar-refractivity contribution < 1.29 is 14.3 Å². The average Bonchev–Trinajstić information content (AvgIpc) is 2.79. The van der Waals surface area contributed by atoms with E-state index < -0.39 is 5.97 Å². The molecule has 16 heavy (non-hydrogen) atoms. The summed E-state index contributed by atoms with van der Waals surface area (Å²) in [6.45, 7) is 1.98. The maximum absolute atomic E-state index is 11.4. The van der Waals surface area contributed by atoms with Gasteiger partial charge in [-0.05, 0) is 18.4 Å². The molecular formula is C11H13NO3S. The van der Waals surface area contributed by atoms with E-state index in [-0.39, 0.29) is 19.1 Å². The smallest absolute Gasteiger partial charge is 0.325 e. The predicted octanol–water partition coefficient (Wildman–Crippen LogP) is 1.60. The first-order chi connectivity index (χ1) is 7.74. The lowest BCUT2D eigenvalue weighted by molar-refractivity contribution is -0.141. The van der Waals surface area contributed by atoms with Crippen LogP contribution in [-0.2, 0) is 9.53 Å². The van der Waals surface area contributed by atoms with E-state index in [1.165, 1.54) is 11.3 Å². The maximum atomic E-state index is 11.4. The highest BCUT2D eigenvalue weighted by Crippen LogP contribution is 2.07. The lowest BCUT2D eigenvalue weighted by Crippen LogP contribution is -2.30. The molecule has 5 heteroatoms. The molecule has 1 aromatic rings. The van der Waals surface area contributed by atoms with Crippen molar-refractivity contribution in [2.24, 2.45) is 0 Å². The second-order valence-corrected chi connectivity index (χ2v) is 3.86. The third kappa shape index (κ3) is 4.27. The molecule has 0 saturated carbocycles. The number of allylic oxidation sites excluding steroid dienone is 1. The van der Waals surface area contributed by atoms with Gasteiger partial charge in [-0.15, -0.1) is 11.3 Å². The van der Waals surface area contributed by atoms with Gasteiger partial charge in [0.1, 0.15) is 13.2 Å². The van der Waals surface area contributed by atoms with E-state index in [0.717, 1.165) is 0 Å². The van der Waals surface area contributed by atoms with E-state index in [1.807, 2.05) is 6.92 Å². The van der Waals surface area contributed by atoms with Gasteiger partial charge in [-0.1, -0.05) is 18.2 Å². The van der Waals surface area contributed by atoms with Gasteiger partial charge in [-0.3, -0.25) is 9.59 Å². The molecule has 1 amide bonds. The molecule has 1 aromatic heterocycles. The maximum Gasteiger partial charge on any atom is 0.325 e. The number of esters is 1. The van der Waals surface area contributed by atoms with Gasteiger partial charge in [0.25, 0.3) is 5.91 Å². The van der Waals surface area contributed by atoms with Gasteiger partial charge in [0, 0.05) is 0 Å². The van der Waals surface area contributed by atoms with Crippen LogP contribution in [0.5, 0.6) is 0 Å². The summed E-state index contributed by atoms with van der Waals surface area (Å²) in [4.78, 5) is 23.1. The van der Waals surface area contributed by atoms with Gasteiger partial charge in [0.15, 0.2) is 0 Å². The molecule has 1 heterocycles. The van der Waals surface area contributed by atoms with Crippen molar-refractivity contribution in [2.75, 3.05) is 13.2 Å². The van der Waals surface area contributed by atoms with Crippen LogP contribution in [0.1, 0.15) is 16.6 Å². The van der Waals surface area contributed by atoms with E-state index in [0.29, 0.717) is 4.88 Å². The van der Waals surface area contributed by atoms with Crippen molar-refractivity contribution >= 4 is 23.2 Å². The first kappa shape index (κ1) is 12.4. The van der Waals surface area contributed by atoms with Crippen LogP contribution in [0.4, 0.5) is 0 Å². The molecule has 0 fully saturated rings. The highest BCUT2D eigenvalue weighted by molar-refractivity contribution is 7.12. The molecule has 0 aliphatic rings. The molecular weight excluding hydrogens is 226 g/mol. The first-order valence-corrected chi connectivity index (χ1v) is 5.70. The Morgan fingerprint density at radius 3 is 3.00 bits per heavy atom. The number of carbonyl (C=O) groups is 2. The van der Waals surface area contributed by atoms with Crippen LogP contribution >= 0.6 is 11.3 Å². The third-order valence-corrected chi connectivity index (χ3v) is 2.58. The van der Waals surface area contributed by atoms with Crippen LogP contribution in [-0.4, -0.2) is 25.0 Å². The van der Waals surface area contributed by atoms with E-state index in [2.05, 4.69) is 5.32 Å². The van der Waals surface area contributed by atoms with Crippen LogP contribution in [0, 0.1) is 0 Å². The number of hydrogen-bond acceptors (Lipinski definition) is 4. The third-order valence-electron chi connectivity index (χ3n) is 1.71. The minimum Gasteiger partial charge on any atom is -0.460 e. The van der Waals surface area contributed by atoms with Crippen molar-refractivity contribution in [3.8, 4) is 0 Å². The standard InChI is InChI=1S/C11H13NO3S/c1-2-3-6-15-10(13)8-12-11(14)9-5-4-7-16-9/h2-5,7H,6,8H2,1H3,(H,12,14). The average molecular weight is 239 g/mol. The Morgan fingerprint density at radius 2 is 2.38 bits per heavy atom. The number of amides is 1. The Balaban J connectivity index is 2.24. The zero-order valence-electron chi connectivity index (χ0n) is 8.93. The fourth-order valence-electron chi connectivity index (χ4n) is 0.936. The molecule has 0 unspecified atom stereocenters. The molecule has 0 aliphatic heterocycles. The summed E-state index contributed by atoms with van der Waals surface area (Å²) in [5.74, 6) is -0.694. The van der Waals surface area contributed by atoms with Crippen LogP contribution in [0.25, 0.3) is 0 Å². The Kier molecular flexibility index (Phi) is 5.28. The first-order valence-electron chi connectivity index (χ1n) is 4.82. The zero-order chi connectivity index (χ0) is 11.8. The van der Waals surface area contributed by atoms with Gasteiger partial charge < -0.3 is 10.1 Å². The highest BCUT2D eigenvalue weighted by Gasteiger charge is 2.08. The Hall–Kier alpha value is -1.62. The number of ether oxygens (including phenoxy) is 1. The molecule has 0 spiro atoms. The van der Waals surface area contributed by atoms with Crippen molar-refractivity contribution in [1.82, 2.24) is 5.32 Å². The topological polar surface area (TPSA) is 55.4 Å². The van der Waals surface area contributed by atoms with Gasteiger partial charge in [-0.25, -0.2) is 0 Å². The molecule has 1 rings (SSSR count). The van der Waals surface area contributed by atoms with Crippen molar-refractivity contribution in [1.29, 1.82) is 0 Å². The number of rotatable bonds is 5. The number of carbonyl (C=O) groups excluding carboxylic acids is 2. The number of hydrogen-bond donors (Lipinski definition) is 1. The quantitative estimate of drug-likeness (QED) is 0.627. The van der Waals surface area contributed by atoms with Crippen LogP contribution < -0.4 is 5.32 Å². The SMILES string of the molecule is CC=CCOC(=O)CNC(=O)c1cccs1. The summed E-state index contributed by atoms with van der Waals surface area (Å²) >= 11 is 1.33. The Morgan fingerprint density at radius 1 is 1.56 bits per heavy atom. The van der Waals surface area contributed by atoms with Crippen LogP contribution in [0.15, 0.2) is 29.7 Å². The minimum atomic E-state index is -0.442. The highest BCUT2D eigenvalue weighted by atomic mass is 32.1. The van der Waals surface area contributed by atoms with Gasteiger partial charge in [0.05, 0.1) is 4.88 Å². The van der Waals surface area contributed by atoms with Crippen molar-refractivity contribution in [3.63, 3.8) is 0 Å². The number of thiophene rings is 1. The molecule has 0 saturated heterocycles. The molecule has 0 radical (unpaired) electrons. The molecule has 0 aliphatic carbocycles. The summed E-state index contributed by atoms with van der Waals surface area (Å²) < 4.78 is 4.81. The Bertz CT molecular complexity index is 371. The van der Waals surface area contributed by atoms with Crippen LogP contribution in [0.2, 0.25) is 0 Å². The van der Waals surface area contributed by atoms with Crippen molar-refractivity contribution in [3.05, 3.63) is 34.5 Å². The second kappa shape index (κ2) is 6.79. The normalized spacial score (nSPS) is 10.3. The molecule has 0 atom stereocenters. The van der Waals surface area contributed by atoms with Gasteiger partial charge >= 0.3 is 5.97 Å². The van der Waals surface area contributed by atoms with E-state index in [4.69, 9.17) is 4.74 Å².